The Morgan fingerprint density at radius 2 is 2.09 bits per heavy atom. The lowest BCUT2D eigenvalue weighted by Gasteiger charge is -2.16. The molecule has 0 unspecified atom stereocenters. The molecule has 0 spiro atoms. The van der Waals surface area contributed by atoms with E-state index in [0.717, 1.165) is 10.2 Å². The van der Waals surface area contributed by atoms with Gasteiger partial charge in [0.2, 0.25) is 11.8 Å². The molecule has 2 heterocycles. The summed E-state index contributed by atoms with van der Waals surface area (Å²) in [4.78, 5) is 26.1. The van der Waals surface area contributed by atoms with E-state index in [0.29, 0.717) is 12.2 Å². The highest BCUT2D eigenvalue weighted by Gasteiger charge is 2.35. The van der Waals surface area contributed by atoms with Crippen LogP contribution >= 0.6 is 15.9 Å². The second kappa shape index (κ2) is 5.92. The molecule has 1 saturated heterocycles. The van der Waals surface area contributed by atoms with Crippen LogP contribution in [0.4, 0.5) is 11.4 Å². The SMILES string of the molecule is Cn1cc(NC(=O)[C@@H]2CC(=O)N(c3ccc(Br)cc3)C2)cn1. The number of carbonyl (C=O) groups excluding carboxylic acids is 2. The van der Waals surface area contributed by atoms with Crippen molar-refractivity contribution in [3.8, 4) is 0 Å². The summed E-state index contributed by atoms with van der Waals surface area (Å²) in [5, 5.41) is 6.80. The van der Waals surface area contributed by atoms with E-state index < -0.39 is 0 Å². The van der Waals surface area contributed by atoms with E-state index in [1.54, 1.807) is 29.0 Å². The average Bonchev–Trinajstić information content (AvgIpc) is 3.06. The fraction of sp³-hybridized carbons (Fsp3) is 0.267. The quantitative estimate of drug-likeness (QED) is 0.909. The van der Waals surface area contributed by atoms with Crippen molar-refractivity contribution in [3.05, 3.63) is 41.1 Å². The van der Waals surface area contributed by atoms with E-state index in [-0.39, 0.29) is 24.2 Å². The topological polar surface area (TPSA) is 67.2 Å². The molecule has 1 atom stereocenters. The minimum absolute atomic E-state index is 0.0336. The number of hydrogen-bond acceptors (Lipinski definition) is 3. The van der Waals surface area contributed by atoms with Gasteiger partial charge in [-0.05, 0) is 24.3 Å². The van der Waals surface area contributed by atoms with Crippen molar-refractivity contribution in [2.24, 2.45) is 13.0 Å². The summed E-state index contributed by atoms with van der Waals surface area (Å²) in [6, 6.07) is 7.49. The number of aromatic nitrogens is 2. The summed E-state index contributed by atoms with van der Waals surface area (Å²) in [5.74, 6) is -0.536. The summed E-state index contributed by atoms with van der Waals surface area (Å²) in [5.41, 5.74) is 1.45. The van der Waals surface area contributed by atoms with E-state index in [1.165, 1.54) is 0 Å². The van der Waals surface area contributed by atoms with E-state index in [4.69, 9.17) is 0 Å². The number of halogens is 1. The Balaban J connectivity index is 1.68. The first-order chi connectivity index (χ1) is 10.5. The smallest absolute Gasteiger partial charge is 0.229 e. The van der Waals surface area contributed by atoms with Gasteiger partial charge in [-0.15, -0.1) is 0 Å². The summed E-state index contributed by atoms with van der Waals surface area (Å²) < 4.78 is 2.57. The Hall–Kier alpha value is -2.15. The number of nitrogens with one attached hydrogen (secondary N) is 1. The Morgan fingerprint density at radius 1 is 1.36 bits per heavy atom. The molecule has 0 radical (unpaired) electrons. The number of benzene rings is 1. The molecule has 6 nitrogen and oxygen atoms in total. The van der Waals surface area contributed by atoms with Gasteiger partial charge in [0.25, 0.3) is 0 Å². The number of nitrogens with zero attached hydrogens (tertiary/aromatic N) is 3. The summed E-state index contributed by atoms with van der Waals surface area (Å²) in [6.45, 7) is 0.395. The highest BCUT2D eigenvalue weighted by Crippen LogP contribution is 2.27. The summed E-state index contributed by atoms with van der Waals surface area (Å²) in [6.07, 6.45) is 3.53. The molecule has 22 heavy (non-hydrogen) atoms. The Kier molecular flexibility index (Phi) is 3.98. The number of rotatable bonds is 3. The van der Waals surface area contributed by atoms with Crippen LogP contribution in [0.2, 0.25) is 0 Å². The molecule has 1 aromatic carbocycles. The molecule has 2 aromatic rings. The van der Waals surface area contributed by atoms with Crippen molar-refractivity contribution in [2.45, 2.75) is 6.42 Å². The number of hydrogen-bond donors (Lipinski definition) is 1. The number of carbonyl (C=O) groups is 2. The van der Waals surface area contributed by atoms with E-state index in [2.05, 4.69) is 26.3 Å². The highest BCUT2D eigenvalue weighted by atomic mass is 79.9. The average molecular weight is 363 g/mol. The summed E-state index contributed by atoms with van der Waals surface area (Å²) >= 11 is 3.37. The van der Waals surface area contributed by atoms with Crippen LogP contribution in [0.5, 0.6) is 0 Å². The lowest BCUT2D eigenvalue weighted by Crippen LogP contribution is -2.28. The van der Waals surface area contributed by atoms with Gasteiger partial charge in [0.15, 0.2) is 0 Å². The van der Waals surface area contributed by atoms with E-state index in [9.17, 15) is 9.59 Å². The molecule has 0 aliphatic carbocycles. The molecule has 2 amide bonds. The Labute approximate surface area is 136 Å². The van der Waals surface area contributed by atoms with Gasteiger partial charge in [0, 0.05) is 36.4 Å². The zero-order valence-corrected chi connectivity index (χ0v) is 13.6. The number of aryl methyl sites for hydroxylation is 1. The molecule has 1 aromatic heterocycles. The molecular formula is C15H15BrN4O2. The zero-order valence-electron chi connectivity index (χ0n) is 12.0. The Bertz CT molecular complexity index is 711. The van der Waals surface area contributed by atoms with Crippen LogP contribution in [0.3, 0.4) is 0 Å². The fourth-order valence-corrected chi connectivity index (χ4v) is 2.75. The second-order valence-electron chi connectivity index (χ2n) is 5.27. The number of anilines is 2. The monoisotopic (exact) mass is 362 g/mol. The highest BCUT2D eigenvalue weighted by molar-refractivity contribution is 9.10. The van der Waals surface area contributed by atoms with Crippen molar-refractivity contribution in [3.63, 3.8) is 0 Å². The first-order valence-electron chi connectivity index (χ1n) is 6.88. The van der Waals surface area contributed by atoms with E-state index in [1.807, 2.05) is 24.3 Å². The first-order valence-corrected chi connectivity index (χ1v) is 7.67. The third-order valence-electron chi connectivity index (χ3n) is 3.61. The largest absolute Gasteiger partial charge is 0.323 e. The maximum Gasteiger partial charge on any atom is 0.229 e. The maximum atomic E-state index is 12.3. The standard InChI is InChI=1S/C15H15BrN4O2/c1-19-9-12(7-17-19)18-15(22)10-6-14(21)20(8-10)13-4-2-11(16)3-5-13/h2-5,7,9-10H,6,8H2,1H3,(H,18,22)/t10-/m1/s1. The maximum absolute atomic E-state index is 12.3. The molecule has 0 bridgehead atoms. The fourth-order valence-electron chi connectivity index (χ4n) is 2.48. The van der Waals surface area contributed by atoms with E-state index >= 15 is 0 Å². The molecular weight excluding hydrogens is 348 g/mol. The van der Waals surface area contributed by atoms with Crippen LogP contribution in [0.25, 0.3) is 0 Å². The van der Waals surface area contributed by atoms with Crippen LogP contribution in [0.15, 0.2) is 41.1 Å². The normalized spacial score (nSPS) is 17.8. The van der Waals surface area contributed by atoms with Gasteiger partial charge in [0.1, 0.15) is 0 Å². The van der Waals surface area contributed by atoms with Crippen LogP contribution in [-0.2, 0) is 16.6 Å². The van der Waals surface area contributed by atoms with Gasteiger partial charge in [-0.3, -0.25) is 14.3 Å². The molecule has 3 rings (SSSR count). The zero-order chi connectivity index (χ0) is 15.7. The van der Waals surface area contributed by atoms with Crippen molar-refractivity contribution >= 4 is 39.1 Å². The van der Waals surface area contributed by atoms with Crippen molar-refractivity contribution in [2.75, 3.05) is 16.8 Å². The third kappa shape index (κ3) is 3.04. The predicted octanol–water partition coefficient (Wildman–Crippen LogP) is 2.17. The lowest BCUT2D eigenvalue weighted by molar-refractivity contribution is -0.122. The molecule has 0 saturated carbocycles. The van der Waals surface area contributed by atoms with Gasteiger partial charge in [-0.25, -0.2) is 0 Å². The van der Waals surface area contributed by atoms with Gasteiger partial charge in [0.05, 0.1) is 17.8 Å². The van der Waals surface area contributed by atoms with Crippen LogP contribution < -0.4 is 10.2 Å². The van der Waals surface area contributed by atoms with Crippen molar-refractivity contribution in [1.29, 1.82) is 0 Å². The first kappa shape index (κ1) is 14.8. The molecule has 1 aliphatic heterocycles. The molecule has 7 heteroatoms. The van der Waals surface area contributed by atoms with Crippen molar-refractivity contribution in [1.82, 2.24) is 9.78 Å². The van der Waals surface area contributed by atoms with Crippen molar-refractivity contribution < 1.29 is 9.59 Å². The third-order valence-corrected chi connectivity index (χ3v) is 4.14. The van der Waals surface area contributed by atoms with Crippen LogP contribution in [0.1, 0.15) is 6.42 Å². The molecule has 1 N–H and O–H groups in total. The van der Waals surface area contributed by atoms with Gasteiger partial charge in [-0.2, -0.15) is 5.10 Å². The number of amides is 2. The summed E-state index contributed by atoms with van der Waals surface area (Å²) in [7, 11) is 1.78. The second-order valence-corrected chi connectivity index (χ2v) is 6.19. The van der Waals surface area contributed by atoms with Gasteiger partial charge in [-0.1, -0.05) is 15.9 Å². The Morgan fingerprint density at radius 3 is 2.73 bits per heavy atom. The van der Waals surface area contributed by atoms with Gasteiger partial charge < -0.3 is 10.2 Å². The van der Waals surface area contributed by atoms with Gasteiger partial charge >= 0.3 is 0 Å². The lowest BCUT2D eigenvalue weighted by atomic mass is 10.1. The molecule has 1 aliphatic rings. The predicted molar refractivity (Wildman–Crippen MR) is 86.4 cm³/mol. The van der Waals surface area contributed by atoms with Crippen LogP contribution in [-0.4, -0.2) is 28.1 Å². The molecule has 1 fully saturated rings. The minimum atomic E-state index is -0.351. The minimum Gasteiger partial charge on any atom is -0.323 e. The van der Waals surface area contributed by atoms with Crippen LogP contribution in [0, 0.1) is 5.92 Å². The molecule has 114 valence electrons.